The Morgan fingerprint density at radius 3 is 2.26 bits per heavy atom. The molecule has 1 aliphatic rings. The zero-order valence-electron chi connectivity index (χ0n) is 11.9. The standard InChI is InChI=1S/C13H22N2O4/c1-8-6-15(7-9(8)11(17)18)10(16)5-14-12(19)13(2,3)4/h8-9H,5-7H2,1-4H3,(H,14,19)(H,17,18)/t8-,9-/m1/s1. The highest BCUT2D eigenvalue weighted by Crippen LogP contribution is 2.23. The zero-order valence-corrected chi connectivity index (χ0v) is 11.9. The summed E-state index contributed by atoms with van der Waals surface area (Å²) in [6.07, 6.45) is 0. The first-order valence-corrected chi connectivity index (χ1v) is 6.42. The van der Waals surface area contributed by atoms with E-state index in [2.05, 4.69) is 5.32 Å². The second-order valence-corrected chi connectivity index (χ2v) is 6.15. The number of aliphatic carboxylic acids is 1. The van der Waals surface area contributed by atoms with E-state index in [1.807, 2.05) is 6.92 Å². The lowest BCUT2D eigenvalue weighted by Crippen LogP contribution is -2.43. The van der Waals surface area contributed by atoms with Crippen LogP contribution in [-0.4, -0.2) is 47.4 Å². The number of carbonyl (C=O) groups excluding carboxylic acids is 2. The van der Waals surface area contributed by atoms with Gasteiger partial charge in [0.2, 0.25) is 11.8 Å². The highest BCUT2D eigenvalue weighted by molar-refractivity contribution is 5.87. The van der Waals surface area contributed by atoms with Crippen LogP contribution in [-0.2, 0) is 14.4 Å². The van der Waals surface area contributed by atoms with Crippen LogP contribution in [0.2, 0.25) is 0 Å². The number of nitrogens with one attached hydrogen (secondary N) is 1. The third-order valence-corrected chi connectivity index (χ3v) is 3.36. The van der Waals surface area contributed by atoms with Crippen LogP contribution in [0.3, 0.4) is 0 Å². The van der Waals surface area contributed by atoms with Gasteiger partial charge in [-0.1, -0.05) is 27.7 Å². The minimum atomic E-state index is -0.874. The molecule has 0 aromatic rings. The van der Waals surface area contributed by atoms with Gasteiger partial charge in [0.15, 0.2) is 0 Å². The van der Waals surface area contributed by atoms with Gasteiger partial charge in [0.1, 0.15) is 0 Å². The molecule has 6 nitrogen and oxygen atoms in total. The van der Waals surface area contributed by atoms with E-state index in [0.717, 1.165) is 0 Å². The predicted octanol–water partition coefficient (Wildman–Crippen LogP) is 0.328. The van der Waals surface area contributed by atoms with Gasteiger partial charge in [0, 0.05) is 18.5 Å². The molecule has 6 heteroatoms. The quantitative estimate of drug-likeness (QED) is 0.773. The third-order valence-electron chi connectivity index (χ3n) is 3.36. The molecule has 1 saturated heterocycles. The van der Waals surface area contributed by atoms with Crippen molar-refractivity contribution in [3.8, 4) is 0 Å². The highest BCUT2D eigenvalue weighted by atomic mass is 16.4. The van der Waals surface area contributed by atoms with Gasteiger partial charge in [-0.2, -0.15) is 0 Å². The Morgan fingerprint density at radius 2 is 1.84 bits per heavy atom. The molecular weight excluding hydrogens is 248 g/mol. The van der Waals surface area contributed by atoms with Crippen LogP contribution in [0.15, 0.2) is 0 Å². The van der Waals surface area contributed by atoms with E-state index in [1.165, 1.54) is 4.90 Å². The molecule has 0 unspecified atom stereocenters. The fraction of sp³-hybridized carbons (Fsp3) is 0.769. The molecule has 2 amide bonds. The molecule has 1 heterocycles. The fourth-order valence-electron chi connectivity index (χ4n) is 2.02. The average molecular weight is 270 g/mol. The lowest BCUT2D eigenvalue weighted by atomic mass is 9.96. The first-order valence-electron chi connectivity index (χ1n) is 6.42. The molecule has 0 bridgehead atoms. The number of likely N-dealkylation sites (tertiary alicyclic amines) is 1. The van der Waals surface area contributed by atoms with Gasteiger partial charge in [0.25, 0.3) is 0 Å². The maximum Gasteiger partial charge on any atom is 0.308 e. The van der Waals surface area contributed by atoms with Crippen molar-refractivity contribution in [1.29, 1.82) is 0 Å². The topological polar surface area (TPSA) is 86.7 Å². The Kier molecular flexibility index (Phi) is 4.55. The second kappa shape index (κ2) is 5.59. The van der Waals surface area contributed by atoms with E-state index in [-0.39, 0.29) is 30.8 Å². The number of carboxylic acids is 1. The molecule has 0 radical (unpaired) electrons. The van der Waals surface area contributed by atoms with Crippen molar-refractivity contribution in [2.75, 3.05) is 19.6 Å². The number of hydrogen-bond donors (Lipinski definition) is 2. The van der Waals surface area contributed by atoms with Crippen LogP contribution in [0, 0.1) is 17.3 Å². The number of hydrogen-bond acceptors (Lipinski definition) is 3. The van der Waals surface area contributed by atoms with Crippen molar-refractivity contribution in [3.05, 3.63) is 0 Å². The molecule has 0 aliphatic carbocycles. The number of nitrogens with zero attached hydrogens (tertiary/aromatic N) is 1. The van der Waals surface area contributed by atoms with Crippen molar-refractivity contribution < 1.29 is 19.5 Å². The van der Waals surface area contributed by atoms with Gasteiger partial charge in [-0.15, -0.1) is 0 Å². The van der Waals surface area contributed by atoms with Crippen molar-refractivity contribution in [2.24, 2.45) is 17.3 Å². The Bertz CT molecular complexity index is 387. The van der Waals surface area contributed by atoms with E-state index >= 15 is 0 Å². The van der Waals surface area contributed by atoms with Gasteiger partial charge in [0.05, 0.1) is 12.5 Å². The normalized spacial score (nSPS) is 23.3. The van der Waals surface area contributed by atoms with Crippen molar-refractivity contribution >= 4 is 17.8 Å². The summed E-state index contributed by atoms with van der Waals surface area (Å²) in [6.45, 7) is 7.71. The van der Waals surface area contributed by atoms with Crippen molar-refractivity contribution in [3.63, 3.8) is 0 Å². The van der Waals surface area contributed by atoms with Crippen LogP contribution in [0.5, 0.6) is 0 Å². The molecule has 1 rings (SSSR count). The smallest absolute Gasteiger partial charge is 0.308 e. The summed E-state index contributed by atoms with van der Waals surface area (Å²) in [5.74, 6) is -1.86. The average Bonchev–Trinajstić information content (AvgIpc) is 2.66. The second-order valence-electron chi connectivity index (χ2n) is 6.15. The van der Waals surface area contributed by atoms with Crippen molar-refractivity contribution in [2.45, 2.75) is 27.7 Å². The van der Waals surface area contributed by atoms with Crippen LogP contribution < -0.4 is 5.32 Å². The lowest BCUT2D eigenvalue weighted by Gasteiger charge is -2.20. The summed E-state index contributed by atoms with van der Waals surface area (Å²) in [7, 11) is 0. The van der Waals surface area contributed by atoms with Crippen LogP contribution in [0.1, 0.15) is 27.7 Å². The van der Waals surface area contributed by atoms with Gasteiger partial charge >= 0.3 is 5.97 Å². The summed E-state index contributed by atoms with van der Waals surface area (Å²) >= 11 is 0. The summed E-state index contributed by atoms with van der Waals surface area (Å²) in [5, 5.41) is 11.6. The first-order chi connectivity index (χ1) is 8.62. The molecule has 108 valence electrons. The molecule has 0 aromatic heterocycles. The third kappa shape index (κ3) is 3.94. The Morgan fingerprint density at radius 1 is 1.26 bits per heavy atom. The van der Waals surface area contributed by atoms with Crippen molar-refractivity contribution in [1.82, 2.24) is 10.2 Å². The summed E-state index contributed by atoms with van der Waals surface area (Å²) in [5.41, 5.74) is -0.540. The molecule has 1 fully saturated rings. The zero-order chi connectivity index (χ0) is 14.8. The molecule has 1 aliphatic heterocycles. The Balaban J connectivity index is 2.48. The summed E-state index contributed by atoms with van der Waals surface area (Å²) in [4.78, 5) is 36.0. The van der Waals surface area contributed by atoms with Gasteiger partial charge < -0.3 is 15.3 Å². The number of amides is 2. The van der Waals surface area contributed by atoms with E-state index in [9.17, 15) is 14.4 Å². The maximum absolute atomic E-state index is 11.9. The van der Waals surface area contributed by atoms with Crippen LogP contribution in [0.4, 0.5) is 0 Å². The Labute approximate surface area is 113 Å². The number of rotatable bonds is 3. The molecule has 0 saturated carbocycles. The first kappa shape index (κ1) is 15.5. The van der Waals surface area contributed by atoms with E-state index in [1.54, 1.807) is 20.8 Å². The van der Waals surface area contributed by atoms with Crippen LogP contribution in [0.25, 0.3) is 0 Å². The van der Waals surface area contributed by atoms with E-state index < -0.39 is 17.3 Å². The van der Waals surface area contributed by atoms with Gasteiger partial charge in [-0.05, 0) is 5.92 Å². The molecule has 2 N–H and O–H groups in total. The minimum Gasteiger partial charge on any atom is -0.481 e. The minimum absolute atomic E-state index is 0.0558. The molecular formula is C13H22N2O4. The van der Waals surface area contributed by atoms with E-state index in [0.29, 0.717) is 6.54 Å². The molecule has 0 spiro atoms. The maximum atomic E-state index is 11.9. The van der Waals surface area contributed by atoms with Gasteiger partial charge in [-0.3, -0.25) is 14.4 Å². The molecule has 19 heavy (non-hydrogen) atoms. The summed E-state index contributed by atoms with van der Waals surface area (Å²) in [6, 6.07) is 0. The van der Waals surface area contributed by atoms with Crippen LogP contribution >= 0.6 is 0 Å². The van der Waals surface area contributed by atoms with E-state index in [4.69, 9.17) is 5.11 Å². The Hall–Kier alpha value is -1.59. The lowest BCUT2D eigenvalue weighted by molar-refractivity contribution is -0.142. The number of carboxylic acid groups (broad SMARTS) is 1. The monoisotopic (exact) mass is 270 g/mol. The largest absolute Gasteiger partial charge is 0.481 e. The summed E-state index contributed by atoms with van der Waals surface area (Å²) < 4.78 is 0. The SMILES string of the molecule is C[C@@H]1CN(C(=O)CNC(=O)C(C)(C)C)C[C@H]1C(=O)O. The molecule has 2 atom stereocenters. The number of carbonyl (C=O) groups is 3. The molecule has 0 aromatic carbocycles. The van der Waals surface area contributed by atoms with Gasteiger partial charge in [-0.25, -0.2) is 0 Å². The highest BCUT2D eigenvalue weighted by Gasteiger charge is 2.37. The fourth-order valence-corrected chi connectivity index (χ4v) is 2.02. The predicted molar refractivity (Wildman–Crippen MR) is 69.3 cm³/mol.